The molecule has 0 saturated carbocycles. The molecular weight excluding hydrogens is 274 g/mol. The van der Waals surface area contributed by atoms with Gasteiger partial charge in [0.05, 0.1) is 6.54 Å². The molecule has 1 fully saturated rings. The van der Waals surface area contributed by atoms with Crippen molar-refractivity contribution in [1.82, 2.24) is 15.1 Å². The summed E-state index contributed by atoms with van der Waals surface area (Å²) in [5, 5.41) is 2.85. The van der Waals surface area contributed by atoms with Crippen molar-refractivity contribution in [2.45, 2.75) is 31.9 Å². The lowest BCUT2D eigenvalue weighted by Crippen LogP contribution is -2.64. The molecule has 2 rings (SSSR count). The highest BCUT2D eigenvalue weighted by Gasteiger charge is 2.39. The van der Waals surface area contributed by atoms with Crippen LogP contribution in [0.25, 0.3) is 0 Å². The monoisotopic (exact) mass is 293 g/mol. The fourth-order valence-electron chi connectivity index (χ4n) is 2.15. The van der Waals surface area contributed by atoms with Crippen molar-refractivity contribution in [3.8, 4) is 0 Å². The van der Waals surface area contributed by atoms with Gasteiger partial charge in [-0.3, -0.25) is 4.90 Å². The number of nitrogens with zero attached hydrogens (tertiary/aromatic N) is 2. The van der Waals surface area contributed by atoms with Gasteiger partial charge >= 0.3 is 12.1 Å². The zero-order valence-corrected chi connectivity index (χ0v) is 12.7. The lowest BCUT2D eigenvalue weighted by atomic mass is 10.2. The fourth-order valence-corrected chi connectivity index (χ4v) is 2.79. The predicted molar refractivity (Wildman–Crippen MR) is 80.2 cm³/mol. The Labute approximate surface area is 123 Å². The fraction of sp³-hybridized carbons (Fsp3) is 0.429. The summed E-state index contributed by atoms with van der Waals surface area (Å²) in [4.78, 5) is 27.4. The van der Waals surface area contributed by atoms with Crippen molar-refractivity contribution in [2.75, 3.05) is 6.26 Å². The molecule has 0 bridgehead atoms. The Kier molecular flexibility index (Phi) is 4.54. The molecule has 1 N–H and O–H groups in total. The summed E-state index contributed by atoms with van der Waals surface area (Å²) in [6, 6.07) is 9.04. The van der Waals surface area contributed by atoms with Crippen molar-refractivity contribution in [3.63, 3.8) is 0 Å². The van der Waals surface area contributed by atoms with Gasteiger partial charge in [-0.2, -0.15) is 0 Å². The third-order valence-electron chi connectivity index (χ3n) is 3.14. The highest BCUT2D eigenvalue weighted by molar-refractivity contribution is 7.99. The van der Waals surface area contributed by atoms with Crippen LogP contribution >= 0.6 is 11.8 Å². The van der Waals surface area contributed by atoms with Gasteiger partial charge in [0.15, 0.2) is 5.50 Å². The molecule has 1 aliphatic rings. The maximum Gasteiger partial charge on any atom is 0.331 e. The Morgan fingerprint density at radius 3 is 2.45 bits per heavy atom. The molecule has 108 valence electrons. The average molecular weight is 293 g/mol. The molecular formula is C14H19N3O2S. The molecule has 4 amide bonds. The Morgan fingerprint density at radius 1 is 1.25 bits per heavy atom. The van der Waals surface area contributed by atoms with E-state index in [4.69, 9.17) is 0 Å². The van der Waals surface area contributed by atoms with E-state index in [1.54, 1.807) is 4.90 Å². The standard InChI is InChI=1S/C14H19N3O2S/c1-10(2)17-12(18)15-13(20-3)16(14(17)19)9-11-7-5-4-6-8-11/h4-8,10,13H,9H2,1-3H3,(H,15,18). The molecule has 0 aromatic heterocycles. The second-order valence-corrected chi connectivity index (χ2v) is 5.82. The first kappa shape index (κ1) is 14.7. The van der Waals surface area contributed by atoms with Gasteiger partial charge in [-0.05, 0) is 25.7 Å². The van der Waals surface area contributed by atoms with Gasteiger partial charge in [0.2, 0.25) is 0 Å². The van der Waals surface area contributed by atoms with Crippen LogP contribution in [0, 0.1) is 0 Å². The predicted octanol–water partition coefficient (Wildman–Crippen LogP) is 2.69. The van der Waals surface area contributed by atoms with Crippen LogP contribution in [-0.2, 0) is 6.54 Å². The number of thioether (sulfide) groups is 1. The maximum atomic E-state index is 12.5. The minimum atomic E-state index is -0.329. The van der Waals surface area contributed by atoms with Crippen LogP contribution in [0.4, 0.5) is 9.59 Å². The van der Waals surface area contributed by atoms with Gasteiger partial charge in [0.25, 0.3) is 0 Å². The summed E-state index contributed by atoms with van der Waals surface area (Å²) >= 11 is 1.44. The van der Waals surface area contributed by atoms with Crippen LogP contribution < -0.4 is 5.32 Å². The molecule has 5 nitrogen and oxygen atoms in total. The number of rotatable bonds is 4. The smallest absolute Gasteiger partial charge is 0.308 e. The quantitative estimate of drug-likeness (QED) is 0.928. The van der Waals surface area contributed by atoms with Crippen LogP contribution in [0.1, 0.15) is 19.4 Å². The van der Waals surface area contributed by atoms with Crippen LogP contribution in [-0.4, -0.2) is 39.7 Å². The van der Waals surface area contributed by atoms with Gasteiger partial charge in [-0.1, -0.05) is 30.3 Å². The average Bonchev–Trinajstić information content (AvgIpc) is 2.42. The second-order valence-electron chi connectivity index (χ2n) is 4.90. The summed E-state index contributed by atoms with van der Waals surface area (Å²) in [5.41, 5.74) is 0.713. The number of carbonyl (C=O) groups excluding carboxylic acids is 2. The van der Waals surface area contributed by atoms with E-state index in [9.17, 15) is 9.59 Å². The van der Waals surface area contributed by atoms with E-state index in [1.165, 1.54) is 16.7 Å². The molecule has 1 atom stereocenters. The number of benzene rings is 1. The Balaban J connectivity index is 2.23. The maximum absolute atomic E-state index is 12.5. The molecule has 1 heterocycles. The topological polar surface area (TPSA) is 52.7 Å². The number of amides is 4. The third kappa shape index (κ3) is 2.90. The van der Waals surface area contributed by atoms with Gasteiger partial charge in [-0.15, -0.1) is 11.8 Å². The molecule has 0 aliphatic carbocycles. The zero-order valence-electron chi connectivity index (χ0n) is 11.9. The number of hydrogen-bond donors (Lipinski definition) is 1. The summed E-state index contributed by atoms with van der Waals surface area (Å²) in [6.07, 6.45) is 1.88. The van der Waals surface area contributed by atoms with Crippen molar-refractivity contribution in [2.24, 2.45) is 0 Å². The summed E-state index contributed by atoms with van der Waals surface area (Å²) < 4.78 is 0. The first-order chi connectivity index (χ1) is 9.54. The SMILES string of the molecule is CSC1NC(=O)N(C(C)C)C(=O)N1Cc1ccccc1. The largest absolute Gasteiger partial charge is 0.331 e. The normalized spacial score (nSPS) is 19.5. The van der Waals surface area contributed by atoms with Gasteiger partial charge in [-0.25, -0.2) is 14.5 Å². The molecule has 0 spiro atoms. The molecule has 20 heavy (non-hydrogen) atoms. The molecule has 1 saturated heterocycles. The van der Waals surface area contributed by atoms with Gasteiger partial charge in [0.1, 0.15) is 0 Å². The third-order valence-corrected chi connectivity index (χ3v) is 3.95. The van der Waals surface area contributed by atoms with E-state index in [2.05, 4.69) is 5.32 Å². The number of hydrogen-bond acceptors (Lipinski definition) is 3. The van der Waals surface area contributed by atoms with Crippen LogP contribution in [0.15, 0.2) is 30.3 Å². The molecule has 1 aliphatic heterocycles. The first-order valence-electron chi connectivity index (χ1n) is 6.51. The highest BCUT2D eigenvalue weighted by Crippen LogP contribution is 2.22. The van der Waals surface area contributed by atoms with E-state index in [-0.39, 0.29) is 23.6 Å². The van der Waals surface area contributed by atoms with Crippen LogP contribution in [0.5, 0.6) is 0 Å². The van der Waals surface area contributed by atoms with E-state index < -0.39 is 0 Å². The lowest BCUT2D eigenvalue weighted by Gasteiger charge is -2.41. The highest BCUT2D eigenvalue weighted by atomic mass is 32.2. The van der Waals surface area contributed by atoms with Crippen molar-refractivity contribution in [3.05, 3.63) is 35.9 Å². The molecule has 1 aromatic carbocycles. The van der Waals surface area contributed by atoms with E-state index in [1.807, 2.05) is 50.4 Å². The number of imide groups is 1. The molecule has 6 heteroatoms. The zero-order chi connectivity index (χ0) is 14.7. The number of nitrogens with one attached hydrogen (secondary N) is 1. The molecule has 0 radical (unpaired) electrons. The van der Waals surface area contributed by atoms with Crippen molar-refractivity contribution < 1.29 is 9.59 Å². The Bertz CT molecular complexity index is 492. The minimum absolute atomic E-state index is 0.163. The summed E-state index contributed by atoms with van der Waals surface area (Å²) in [5.74, 6) is 0. The lowest BCUT2D eigenvalue weighted by molar-refractivity contribution is 0.112. The van der Waals surface area contributed by atoms with E-state index in [0.717, 1.165) is 5.56 Å². The Hall–Kier alpha value is -1.69. The second kappa shape index (κ2) is 6.17. The van der Waals surface area contributed by atoms with Crippen LogP contribution in [0.3, 0.4) is 0 Å². The number of carbonyl (C=O) groups is 2. The van der Waals surface area contributed by atoms with Crippen LogP contribution in [0.2, 0.25) is 0 Å². The molecule has 1 unspecified atom stereocenters. The Morgan fingerprint density at radius 2 is 1.90 bits per heavy atom. The summed E-state index contributed by atoms with van der Waals surface area (Å²) in [6.45, 7) is 4.14. The number of urea groups is 2. The van der Waals surface area contributed by atoms with E-state index >= 15 is 0 Å². The van der Waals surface area contributed by atoms with Crippen molar-refractivity contribution in [1.29, 1.82) is 0 Å². The summed E-state index contributed by atoms with van der Waals surface area (Å²) in [7, 11) is 0. The molecule has 1 aromatic rings. The van der Waals surface area contributed by atoms with Crippen molar-refractivity contribution >= 4 is 23.8 Å². The van der Waals surface area contributed by atoms with Gasteiger partial charge < -0.3 is 5.32 Å². The minimum Gasteiger partial charge on any atom is -0.308 e. The first-order valence-corrected chi connectivity index (χ1v) is 7.80. The van der Waals surface area contributed by atoms with E-state index in [0.29, 0.717) is 6.54 Å². The van der Waals surface area contributed by atoms with Gasteiger partial charge in [0, 0.05) is 6.04 Å².